The number of carbonyl (C=O) groups excluding carboxylic acids is 2. The lowest BCUT2D eigenvalue weighted by molar-refractivity contribution is -0.135. The highest BCUT2D eigenvalue weighted by Crippen LogP contribution is 2.59. The maximum absolute atomic E-state index is 11.8. The van der Waals surface area contributed by atoms with Crippen LogP contribution >= 0.6 is 0 Å². The van der Waals surface area contributed by atoms with Crippen molar-refractivity contribution >= 4 is 12.3 Å². The summed E-state index contributed by atoms with van der Waals surface area (Å²) >= 11 is 0. The van der Waals surface area contributed by atoms with Gasteiger partial charge in [-0.3, -0.25) is 4.79 Å². The quantitative estimate of drug-likeness (QED) is 0.322. The van der Waals surface area contributed by atoms with Crippen molar-refractivity contribution in [3.63, 3.8) is 0 Å². The highest BCUT2D eigenvalue weighted by atomic mass is 16.5. The summed E-state index contributed by atoms with van der Waals surface area (Å²) in [5.41, 5.74) is 3.53. The lowest BCUT2D eigenvalue weighted by Gasteiger charge is -2.54. The van der Waals surface area contributed by atoms with E-state index in [1.54, 1.807) is 6.08 Å². The molecular weight excluding hydrogens is 300 g/mol. The minimum atomic E-state index is -0.474. The Morgan fingerprint density at radius 2 is 1.96 bits per heavy atom. The van der Waals surface area contributed by atoms with Crippen molar-refractivity contribution in [3.8, 4) is 0 Å². The van der Waals surface area contributed by atoms with Crippen LogP contribution in [0.3, 0.4) is 0 Å². The second kappa shape index (κ2) is 7.08. The fourth-order valence-corrected chi connectivity index (χ4v) is 5.03. The molecule has 132 valence electrons. The molecule has 0 aromatic rings. The molecule has 0 aliphatic heterocycles. The zero-order chi connectivity index (χ0) is 18.0. The van der Waals surface area contributed by atoms with Crippen LogP contribution < -0.4 is 0 Å². The van der Waals surface area contributed by atoms with Crippen molar-refractivity contribution in [1.29, 1.82) is 0 Å². The number of allylic oxidation sites excluding steroid dienone is 4. The third-order valence-corrected chi connectivity index (χ3v) is 6.21. The lowest BCUT2D eigenvalue weighted by Crippen LogP contribution is -2.45. The number of carbonyl (C=O) groups is 2. The van der Waals surface area contributed by atoms with Gasteiger partial charge in [0.15, 0.2) is 0 Å². The SMILES string of the molecule is COC(=O)C(/C=C/C1=C(C)CCC2C(C)(C)CCCC12C)=C/C=O. The van der Waals surface area contributed by atoms with E-state index in [9.17, 15) is 9.59 Å². The molecule has 1 fully saturated rings. The minimum absolute atomic E-state index is 0.142. The number of aldehydes is 1. The van der Waals surface area contributed by atoms with E-state index in [4.69, 9.17) is 4.74 Å². The van der Waals surface area contributed by atoms with Crippen molar-refractivity contribution in [3.05, 3.63) is 34.9 Å². The number of hydrogen-bond acceptors (Lipinski definition) is 3. The average Bonchev–Trinajstić information content (AvgIpc) is 2.51. The summed E-state index contributed by atoms with van der Waals surface area (Å²) in [6.45, 7) is 9.36. The van der Waals surface area contributed by atoms with Crippen molar-refractivity contribution in [2.24, 2.45) is 16.7 Å². The number of methoxy groups -OCH3 is 1. The third-order valence-electron chi connectivity index (χ3n) is 6.21. The summed E-state index contributed by atoms with van der Waals surface area (Å²) in [7, 11) is 1.33. The highest BCUT2D eigenvalue weighted by Gasteiger charge is 2.49. The van der Waals surface area contributed by atoms with Crippen molar-refractivity contribution in [2.75, 3.05) is 7.11 Å². The molecule has 0 saturated heterocycles. The summed E-state index contributed by atoms with van der Waals surface area (Å²) in [6.07, 6.45) is 11.7. The van der Waals surface area contributed by atoms with Crippen LogP contribution in [0.2, 0.25) is 0 Å². The molecule has 2 aliphatic rings. The molecule has 2 aliphatic carbocycles. The van der Waals surface area contributed by atoms with E-state index in [2.05, 4.69) is 33.8 Å². The smallest absolute Gasteiger partial charge is 0.337 e. The summed E-state index contributed by atoms with van der Waals surface area (Å²) in [5, 5.41) is 0. The van der Waals surface area contributed by atoms with E-state index in [0.29, 0.717) is 23.2 Å². The molecule has 0 heterocycles. The molecule has 0 N–H and O–H groups in total. The zero-order valence-electron chi connectivity index (χ0n) is 15.6. The van der Waals surface area contributed by atoms with Crippen molar-refractivity contribution in [1.82, 2.24) is 0 Å². The zero-order valence-corrected chi connectivity index (χ0v) is 15.6. The monoisotopic (exact) mass is 330 g/mol. The van der Waals surface area contributed by atoms with Crippen LogP contribution in [-0.4, -0.2) is 19.4 Å². The van der Waals surface area contributed by atoms with Crippen LogP contribution in [-0.2, 0) is 14.3 Å². The molecule has 3 heteroatoms. The largest absolute Gasteiger partial charge is 0.465 e. The lowest BCUT2D eigenvalue weighted by atomic mass is 9.50. The van der Waals surface area contributed by atoms with Gasteiger partial charge in [-0.15, -0.1) is 0 Å². The first kappa shape index (κ1) is 18.7. The number of rotatable bonds is 4. The first-order valence-corrected chi connectivity index (χ1v) is 8.88. The average molecular weight is 330 g/mol. The molecule has 0 aromatic carbocycles. The van der Waals surface area contributed by atoms with E-state index in [1.165, 1.54) is 50.0 Å². The molecule has 1 saturated carbocycles. The Labute approximate surface area is 145 Å². The van der Waals surface area contributed by atoms with Gasteiger partial charge in [0.2, 0.25) is 0 Å². The van der Waals surface area contributed by atoms with Crippen LogP contribution in [0.25, 0.3) is 0 Å². The van der Waals surface area contributed by atoms with Crippen molar-refractivity contribution in [2.45, 2.75) is 59.8 Å². The number of fused-ring (bicyclic) bond motifs is 1. The van der Waals surface area contributed by atoms with Crippen LogP contribution in [0, 0.1) is 16.7 Å². The maximum Gasteiger partial charge on any atom is 0.337 e. The summed E-state index contributed by atoms with van der Waals surface area (Å²) < 4.78 is 4.76. The summed E-state index contributed by atoms with van der Waals surface area (Å²) in [6, 6.07) is 0. The normalized spacial score (nSPS) is 30.2. The van der Waals surface area contributed by atoms with Gasteiger partial charge in [0.05, 0.1) is 12.7 Å². The second-order valence-electron chi connectivity index (χ2n) is 8.13. The summed E-state index contributed by atoms with van der Waals surface area (Å²) in [5.74, 6) is 0.178. The van der Waals surface area contributed by atoms with Gasteiger partial charge in [0, 0.05) is 0 Å². The second-order valence-corrected chi connectivity index (χ2v) is 8.13. The Morgan fingerprint density at radius 1 is 1.25 bits per heavy atom. The molecule has 2 unspecified atom stereocenters. The van der Waals surface area contributed by atoms with Crippen LogP contribution in [0.1, 0.15) is 59.8 Å². The first-order chi connectivity index (χ1) is 11.3. The fraction of sp³-hybridized carbons (Fsp3) is 0.619. The van der Waals surface area contributed by atoms with Gasteiger partial charge in [0.1, 0.15) is 6.29 Å². The van der Waals surface area contributed by atoms with Gasteiger partial charge < -0.3 is 4.74 Å². The van der Waals surface area contributed by atoms with E-state index < -0.39 is 5.97 Å². The van der Waals surface area contributed by atoms with Crippen molar-refractivity contribution < 1.29 is 14.3 Å². The van der Waals surface area contributed by atoms with E-state index in [1.807, 2.05) is 0 Å². The molecule has 0 amide bonds. The Bertz CT molecular complexity index is 607. The van der Waals surface area contributed by atoms with Gasteiger partial charge in [0.25, 0.3) is 0 Å². The Kier molecular flexibility index (Phi) is 5.52. The molecule has 24 heavy (non-hydrogen) atoms. The number of esters is 1. The Hall–Kier alpha value is -1.64. The Balaban J connectivity index is 2.40. The third kappa shape index (κ3) is 3.40. The van der Waals surface area contributed by atoms with Crippen LogP contribution in [0.4, 0.5) is 0 Å². The van der Waals surface area contributed by atoms with E-state index in [-0.39, 0.29) is 5.41 Å². The van der Waals surface area contributed by atoms with Gasteiger partial charge in [-0.05, 0) is 67.1 Å². The number of hydrogen-bond donors (Lipinski definition) is 0. The van der Waals surface area contributed by atoms with E-state index >= 15 is 0 Å². The maximum atomic E-state index is 11.8. The standard InChI is InChI=1S/C21H30O3/c1-15-7-10-18-20(2,3)12-6-13-21(18,4)17(15)9-8-16(11-14-22)19(23)24-5/h8-9,11,14,18H,6-7,10,12-13H2,1-5H3/b9-8+,16-11+. The highest BCUT2D eigenvalue weighted by molar-refractivity contribution is 5.95. The summed E-state index contributed by atoms with van der Waals surface area (Å²) in [4.78, 5) is 22.6. The molecule has 0 bridgehead atoms. The predicted octanol–water partition coefficient (Wildman–Crippen LogP) is 4.78. The molecule has 2 atom stereocenters. The Morgan fingerprint density at radius 3 is 2.58 bits per heavy atom. The predicted molar refractivity (Wildman–Crippen MR) is 96.5 cm³/mol. The minimum Gasteiger partial charge on any atom is -0.465 e. The van der Waals surface area contributed by atoms with Gasteiger partial charge in [-0.2, -0.15) is 0 Å². The van der Waals surface area contributed by atoms with Gasteiger partial charge in [-0.25, -0.2) is 4.79 Å². The van der Waals surface area contributed by atoms with Crippen LogP contribution in [0.15, 0.2) is 34.9 Å². The van der Waals surface area contributed by atoms with Gasteiger partial charge >= 0.3 is 5.97 Å². The fourth-order valence-electron chi connectivity index (χ4n) is 5.03. The first-order valence-electron chi connectivity index (χ1n) is 8.88. The van der Waals surface area contributed by atoms with Gasteiger partial charge in [-0.1, -0.05) is 38.8 Å². The molecular formula is C21H30O3. The molecule has 0 spiro atoms. The molecule has 2 rings (SSSR count). The number of ether oxygens (including phenoxy) is 1. The molecule has 0 aromatic heterocycles. The topological polar surface area (TPSA) is 43.4 Å². The van der Waals surface area contributed by atoms with Crippen LogP contribution in [0.5, 0.6) is 0 Å². The molecule has 0 radical (unpaired) electrons. The van der Waals surface area contributed by atoms with E-state index in [0.717, 1.165) is 6.42 Å². The molecule has 3 nitrogen and oxygen atoms in total.